The summed E-state index contributed by atoms with van der Waals surface area (Å²) in [5.41, 5.74) is 1.32. The first-order valence-electron chi connectivity index (χ1n) is 6.11. The van der Waals surface area contributed by atoms with Gasteiger partial charge in [-0.2, -0.15) is 0 Å². The molecule has 1 aromatic rings. The summed E-state index contributed by atoms with van der Waals surface area (Å²) in [6.45, 7) is 2.25. The first kappa shape index (κ1) is 14.1. The van der Waals surface area contributed by atoms with E-state index in [0.717, 1.165) is 11.4 Å². The van der Waals surface area contributed by atoms with Crippen molar-refractivity contribution in [2.45, 2.75) is 50.3 Å². The molecule has 0 spiro atoms. The molecule has 1 rings (SSSR count). The lowest BCUT2D eigenvalue weighted by molar-refractivity contribution is 0.619. The zero-order valence-corrected chi connectivity index (χ0v) is 12.2. The summed E-state index contributed by atoms with van der Waals surface area (Å²) in [7, 11) is 0. The second-order valence-electron chi connectivity index (χ2n) is 4.28. The van der Waals surface area contributed by atoms with Crippen LogP contribution in [0.1, 0.15) is 44.6 Å². The molecule has 0 saturated carbocycles. The number of hydrogen-bond acceptors (Lipinski definition) is 0. The summed E-state index contributed by atoms with van der Waals surface area (Å²) in [5, 5.41) is 0.836. The minimum absolute atomic E-state index is 0.586. The zero-order valence-electron chi connectivity index (χ0n) is 9.89. The van der Waals surface area contributed by atoms with Crippen LogP contribution in [0.3, 0.4) is 0 Å². The van der Waals surface area contributed by atoms with Gasteiger partial charge in [-0.3, -0.25) is 0 Å². The predicted molar refractivity (Wildman–Crippen MR) is 76.6 cm³/mol. The Labute approximate surface area is 113 Å². The molecule has 0 aliphatic heterocycles. The fourth-order valence-electron chi connectivity index (χ4n) is 1.81. The van der Waals surface area contributed by atoms with Crippen LogP contribution in [0.25, 0.3) is 0 Å². The normalized spacial score (nSPS) is 12.7. The van der Waals surface area contributed by atoms with Crippen LogP contribution in [-0.2, 0) is 6.42 Å². The van der Waals surface area contributed by atoms with Crippen molar-refractivity contribution < 1.29 is 0 Å². The van der Waals surface area contributed by atoms with Gasteiger partial charge in [0.15, 0.2) is 0 Å². The Morgan fingerprint density at radius 1 is 1.25 bits per heavy atom. The molecule has 0 heterocycles. The van der Waals surface area contributed by atoms with Crippen molar-refractivity contribution in [2.24, 2.45) is 0 Å². The Kier molecular flexibility index (Phi) is 7.15. The maximum absolute atomic E-state index is 5.96. The van der Waals surface area contributed by atoms with Gasteiger partial charge in [-0.25, -0.2) is 0 Å². The topological polar surface area (TPSA) is 0 Å². The molecular formula is C14H20BrCl. The van der Waals surface area contributed by atoms with Gasteiger partial charge in [0.05, 0.1) is 0 Å². The lowest BCUT2D eigenvalue weighted by Crippen LogP contribution is -2.02. The van der Waals surface area contributed by atoms with Gasteiger partial charge < -0.3 is 0 Å². The summed E-state index contributed by atoms with van der Waals surface area (Å²) < 4.78 is 0. The highest BCUT2D eigenvalue weighted by molar-refractivity contribution is 9.09. The Bertz CT molecular complexity index is 299. The van der Waals surface area contributed by atoms with E-state index in [1.54, 1.807) is 0 Å². The fourth-order valence-corrected chi connectivity index (χ4v) is 2.72. The highest BCUT2D eigenvalue weighted by Crippen LogP contribution is 2.19. The van der Waals surface area contributed by atoms with Crippen molar-refractivity contribution in [3.63, 3.8) is 0 Å². The molecule has 1 aromatic carbocycles. The first-order chi connectivity index (χ1) is 7.72. The molecular weight excluding hydrogens is 284 g/mol. The number of rotatable bonds is 7. The number of hydrogen-bond donors (Lipinski definition) is 0. The zero-order chi connectivity index (χ0) is 11.8. The van der Waals surface area contributed by atoms with Gasteiger partial charge in [0.1, 0.15) is 0 Å². The minimum atomic E-state index is 0.586. The molecule has 0 N–H and O–H groups in total. The molecule has 1 atom stereocenters. The maximum atomic E-state index is 5.96. The smallest absolute Gasteiger partial charge is 0.0408 e. The molecule has 0 radical (unpaired) electrons. The number of alkyl halides is 1. The van der Waals surface area contributed by atoms with E-state index in [-0.39, 0.29) is 0 Å². The van der Waals surface area contributed by atoms with E-state index in [9.17, 15) is 0 Å². The Hall–Kier alpha value is -0.0100. The second-order valence-corrected chi connectivity index (χ2v) is 6.01. The van der Waals surface area contributed by atoms with E-state index in [1.807, 2.05) is 12.1 Å². The van der Waals surface area contributed by atoms with Gasteiger partial charge >= 0.3 is 0 Å². The molecule has 0 fully saturated rings. The third-order valence-corrected chi connectivity index (χ3v) is 3.73. The van der Waals surface area contributed by atoms with Gasteiger partial charge in [-0.1, -0.05) is 72.3 Å². The van der Waals surface area contributed by atoms with E-state index in [4.69, 9.17) is 11.6 Å². The number of unbranched alkanes of at least 4 members (excludes halogenated alkanes) is 3. The van der Waals surface area contributed by atoms with Crippen molar-refractivity contribution in [2.75, 3.05) is 0 Å². The van der Waals surface area contributed by atoms with Crippen LogP contribution in [0.15, 0.2) is 24.3 Å². The highest BCUT2D eigenvalue weighted by atomic mass is 79.9. The van der Waals surface area contributed by atoms with E-state index in [0.29, 0.717) is 4.83 Å². The van der Waals surface area contributed by atoms with Gasteiger partial charge in [0.2, 0.25) is 0 Å². The molecule has 0 amide bonds. The van der Waals surface area contributed by atoms with Crippen LogP contribution in [0.5, 0.6) is 0 Å². The Morgan fingerprint density at radius 3 is 2.75 bits per heavy atom. The molecule has 0 aromatic heterocycles. The molecule has 0 aliphatic rings. The van der Waals surface area contributed by atoms with E-state index in [1.165, 1.54) is 37.7 Å². The molecule has 1 unspecified atom stereocenters. The molecule has 90 valence electrons. The van der Waals surface area contributed by atoms with Crippen LogP contribution in [0, 0.1) is 0 Å². The van der Waals surface area contributed by atoms with Crippen molar-refractivity contribution in [1.82, 2.24) is 0 Å². The lowest BCUT2D eigenvalue weighted by atomic mass is 10.1. The van der Waals surface area contributed by atoms with Crippen molar-refractivity contribution >= 4 is 27.5 Å². The van der Waals surface area contributed by atoms with Crippen LogP contribution in [-0.4, -0.2) is 4.83 Å². The largest absolute Gasteiger partial charge is 0.0887 e. The Morgan fingerprint density at radius 2 is 2.06 bits per heavy atom. The second kappa shape index (κ2) is 8.14. The highest BCUT2D eigenvalue weighted by Gasteiger charge is 2.05. The summed E-state index contributed by atoms with van der Waals surface area (Å²) in [4.78, 5) is 0.586. The van der Waals surface area contributed by atoms with Crippen LogP contribution in [0.2, 0.25) is 5.02 Å². The van der Waals surface area contributed by atoms with Crippen LogP contribution >= 0.6 is 27.5 Å². The molecule has 2 heteroatoms. The summed E-state index contributed by atoms with van der Waals surface area (Å²) >= 11 is 9.71. The Balaban J connectivity index is 2.25. The predicted octanol–water partition coefficient (Wildman–Crippen LogP) is 5.62. The summed E-state index contributed by atoms with van der Waals surface area (Å²) in [6.07, 6.45) is 7.68. The minimum Gasteiger partial charge on any atom is -0.0887 e. The van der Waals surface area contributed by atoms with E-state index < -0.39 is 0 Å². The fraction of sp³-hybridized carbons (Fsp3) is 0.571. The standard InChI is InChI=1S/C14H20BrCl/c1-2-3-4-5-8-13(15)10-12-7-6-9-14(16)11-12/h6-7,9,11,13H,2-5,8,10H2,1H3. The molecule has 0 saturated heterocycles. The van der Waals surface area contributed by atoms with Crippen LogP contribution in [0.4, 0.5) is 0 Å². The summed E-state index contributed by atoms with van der Waals surface area (Å²) in [5.74, 6) is 0. The molecule has 0 aliphatic carbocycles. The summed E-state index contributed by atoms with van der Waals surface area (Å²) in [6, 6.07) is 8.15. The van der Waals surface area contributed by atoms with Gasteiger partial charge in [-0.15, -0.1) is 0 Å². The van der Waals surface area contributed by atoms with Crippen molar-refractivity contribution in [3.8, 4) is 0 Å². The van der Waals surface area contributed by atoms with Gasteiger partial charge in [-0.05, 0) is 30.5 Å². The van der Waals surface area contributed by atoms with E-state index in [2.05, 4.69) is 35.0 Å². The quantitative estimate of drug-likeness (QED) is 0.453. The first-order valence-corrected chi connectivity index (χ1v) is 7.40. The van der Waals surface area contributed by atoms with Crippen molar-refractivity contribution in [1.29, 1.82) is 0 Å². The third kappa shape index (κ3) is 5.91. The average Bonchev–Trinajstić information content (AvgIpc) is 2.24. The van der Waals surface area contributed by atoms with Crippen LogP contribution < -0.4 is 0 Å². The van der Waals surface area contributed by atoms with E-state index >= 15 is 0 Å². The molecule has 0 nitrogen and oxygen atoms in total. The maximum Gasteiger partial charge on any atom is 0.0408 e. The lowest BCUT2D eigenvalue weighted by Gasteiger charge is -2.09. The third-order valence-electron chi connectivity index (χ3n) is 2.72. The molecule has 16 heavy (non-hydrogen) atoms. The SMILES string of the molecule is CCCCCCC(Br)Cc1cccc(Cl)c1. The average molecular weight is 304 g/mol. The van der Waals surface area contributed by atoms with Crippen molar-refractivity contribution in [3.05, 3.63) is 34.9 Å². The number of halogens is 2. The van der Waals surface area contributed by atoms with Gasteiger partial charge in [0.25, 0.3) is 0 Å². The van der Waals surface area contributed by atoms with Gasteiger partial charge in [0, 0.05) is 9.85 Å². The monoisotopic (exact) mass is 302 g/mol. The molecule has 0 bridgehead atoms. The number of benzene rings is 1.